The number of ketones is 1. The van der Waals surface area contributed by atoms with Crippen LogP contribution in [-0.2, 0) is 0 Å². The minimum atomic E-state index is -0.0671. The number of halogens is 1. The molecule has 96 valence electrons. The van der Waals surface area contributed by atoms with Gasteiger partial charge in [0.15, 0.2) is 5.78 Å². The van der Waals surface area contributed by atoms with Crippen molar-refractivity contribution in [3.63, 3.8) is 0 Å². The SMILES string of the molecule is COc1ccccc1C=CC(=O)c1ccc(Cl)cc1. The number of methoxy groups -OCH3 is 1. The maximum atomic E-state index is 12.0. The predicted octanol–water partition coefficient (Wildman–Crippen LogP) is 4.24. The molecule has 2 rings (SSSR count). The standard InChI is InChI=1S/C16H13ClO2/c1-19-16-5-3-2-4-13(16)8-11-15(18)12-6-9-14(17)10-7-12/h2-11H,1H3. The summed E-state index contributed by atoms with van der Waals surface area (Å²) in [5.74, 6) is 0.672. The second kappa shape index (κ2) is 6.21. The number of benzene rings is 2. The fourth-order valence-corrected chi connectivity index (χ4v) is 1.81. The zero-order chi connectivity index (χ0) is 13.7. The summed E-state index contributed by atoms with van der Waals surface area (Å²) < 4.78 is 5.22. The van der Waals surface area contributed by atoms with Crippen molar-refractivity contribution in [3.8, 4) is 5.75 Å². The molecule has 0 N–H and O–H groups in total. The van der Waals surface area contributed by atoms with Crippen molar-refractivity contribution in [3.05, 3.63) is 70.8 Å². The molecule has 0 fully saturated rings. The van der Waals surface area contributed by atoms with E-state index in [4.69, 9.17) is 16.3 Å². The van der Waals surface area contributed by atoms with Crippen molar-refractivity contribution in [2.45, 2.75) is 0 Å². The van der Waals surface area contributed by atoms with E-state index in [1.54, 1.807) is 37.5 Å². The normalized spacial score (nSPS) is 10.6. The molecule has 19 heavy (non-hydrogen) atoms. The molecule has 0 atom stereocenters. The minimum absolute atomic E-state index is 0.0671. The van der Waals surface area contributed by atoms with Crippen LogP contribution in [0.15, 0.2) is 54.6 Å². The molecule has 0 radical (unpaired) electrons. The summed E-state index contributed by atoms with van der Waals surface area (Å²) in [6.07, 6.45) is 3.27. The molecule has 0 aliphatic rings. The van der Waals surface area contributed by atoms with E-state index >= 15 is 0 Å². The van der Waals surface area contributed by atoms with Crippen LogP contribution in [0.4, 0.5) is 0 Å². The second-order valence-electron chi connectivity index (χ2n) is 3.95. The van der Waals surface area contributed by atoms with Gasteiger partial charge >= 0.3 is 0 Å². The fourth-order valence-electron chi connectivity index (χ4n) is 1.68. The molecule has 0 aliphatic heterocycles. The molecule has 0 bridgehead atoms. The third-order valence-electron chi connectivity index (χ3n) is 2.68. The van der Waals surface area contributed by atoms with Gasteiger partial charge in [-0.1, -0.05) is 29.8 Å². The topological polar surface area (TPSA) is 26.3 Å². The lowest BCUT2D eigenvalue weighted by molar-refractivity contribution is 0.104. The van der Waals surface area contributed by atoms with E-state index in [-0.39, 0.29) is 5.78 Å². The monoisotopic (exact) mass is 272 g/mol. The highest BCUT2D eigenvalue weighted by Gasteiger charge is 2.02. The van der Waals surface area contributed by atoms with Crippen molar-refractivity contribution in [1.82, 2.24) is 0 Å². The van der Waals surface area contributed by atoms with Gasteiger partial charge in [0.25, 0.3) is 0 Å². The lowest BCUT2D eigenvalue weighted by atomic mass is 10.1. The molecule has 2 aromatic carbocycles. The second-order valence-corrected chi connectivity index (χ2v) is 4.38. The first-order chi connectivity index (χ1) is 9.20. The Hall–Kier alpha value is -2.06. The lowest BCUT2D eigenvalue weighted by Crippen LogP contribution is -1.93. The molecule has 3 heteroatoms. The van der Waals surface area contributed by atoms with Crippen LogP contribution in [-0.4, -0.2) is 12.9 Å². The van der Waals surface area contributed by atoms with Crippen molar-refractivity contribution >= 4 is 23.5 Å². The van der Waals surface area contributed by atoms with Crippen LogP contribution in [0.1, 0.15) is 15.9 Å². The molecule has 0 unspecified atom stereocenters. The van der Waals surface area contributed by atoms with Gasteiger partial charge in [-0.15, -0.1) is 0 Å². The van der Waals surface area contributed by atoms with Gasteiger partial charge < -0.3 is 4.74 Å². The van der Waals surface area contributed by atoms with Crippen LogP contribution in [0.25, 0.3) is 6.08 Å². The average Bonchev–Trinajstić information content (AvgIpc) is 2.45. The largest absolute Gasteiger partial charge is 0.496 e. The first-order valence-corrected chi connectivity index (χ1v) is 6.19. The Morgan fingerprint density at radius 3 is 2.47 bits per heavy atom. The zero-order valence-electron chi connectivity index (χ0n) is 10.5. The predicted molar refractivity (Wildman–Crippen MR) is 77.8 cm³/mol. The highest BCUT2D eigenvalue weighted by molar-refractivity contribution is 6.30. The van der Waals surface area contributed by atoms with E-state index < -0.39 is 0 Å². The third kappa shape index (κ3) is 3.46. The van der Waals surface area contributed by atoms with Crippen molar-refractivity contribution in [2.24, 2.45) is 0 Å². The van der Waals surface area contributed by atoms with Gasteiger partial charge in [-0.25, -0.2) is 0 Å². The van der Waals surface area contributed by atoms with Gasteiger partial charge in [-0.2, -0.15) is 0 Å². The summed E-state index contributed by atoms with van der Waals surface area (Å²) in [4.78, 5) is 12.0. The Balaban J connectivity index is 2.18. The Kier molecular flexibility index (Phi) is 4.37. The molecule has 0 spiro atoms. The number of rotatable bonds is 4. The van der Waals surface area contributed by atoms with Gasteiger partial charge in [0.1, 0.15) is 5.75 Å². The summed E-state index contributed by atoms with van der Waals surface area (Å²) >= 11 is 5.78. The highest BCUT2D eigenvalue weighted by Crippen LogP contribution is 2.19. The summed E-state index contributed by atoms with van der Waals surface area (Å²) in [6, 6.07) is 14.3. The molecular formula is C16H13ClO2. The van der Waals surface area contributed by atoms with Crippen molar-refractivity contribution < 1.29 is 9.53 Å². The van der Waals surface area contributed by atoms with Crippen LogP contribution in [0.2, 0.25) is 5.02 Å². The lowest BCUT2D eigenvalue weighted by Gasteiger charge is -2.03. The number of hydrogen-bond donors (Lipinski definition) is 0. The van der Waals surface area contributed by atoms with E-state index in [1.807, 2.05) is 24.3 Å². The van der Waals surface area contributed by atoms with Gasteiger partial charge in [0.05, 0.1) is 7.11 Å². The Labute approximate surface area is 117 Å². The van der Waals surface area contributed by atoms with Crippen molar-refractivity contribution in [2.75, 3.05) is 7.11 Å². The van der Waals surface area contributed by atoms with Gasteiger partial charge in [-0.3, -0.25) is 4.79 Å². The molecule has 0 aliphatic carbocycles. The Morgan fingerprint density at radius 2 is 1.79 bits per heavy atom. The molecule has 0 aromatic heterocycles. The summed E-state index contributed by atoms with van der Waals surface area (Å²) in [7, 11) is 1.60. The fraction of sp³-hybridized carbons (Fsp3) is 0.0625. The quantitative estimate of drug-likeness (QED) is 0.614. The number of ether oxygens (including phenoxy) is 1. The van der Waals surface area contributed by atoms with Gasteiger partial charge in [0.2, 0.25) is 0 Å². The number of allylic oxidation sites excluding steroid dienone is 1. The number of carbonyl (C=O) groups excluding carboxylic acids is 1. The first kappa shape index (κ1) is 13.4. The zero-order valence-corrected chi connectivity index (χ0v) is 11.2. The summed E-state index contributed by atoms with van der Waals surface area (Å²) in [5.41, 5.74) is 1.47. The Morgan fingerprint density at radius 1 is 1.11 bits per heavy atom. The first-order valence-electron chi connectivity index (χ1n) is 5.81. The van der Waals surface area contributed by atoms with Crippen LogP contribution in [0.5, 0.6) is 5.75 Å². The molecule has 0 amide bonds. The van der Waals surface area contributed by atoms with E-state index in [9.17, 15) is 4.79 Å². The van der Waals surface area contributed by atoms with Gasteiger partial charge in [-0.05, 0) is 42.5 Å². The molecule has 2 nitrogen and oxygen atoms in total. The molecule has 2 aromatic rings. The van der Waals surface area contributed by atoms with Crippen LogP contribution >= 0.6 is 11.6 Å². The third-order valence-corrected chi connectivity index (χ3v) is 2.93. The summed E-state index contributed by atoms with van der Waals surface area (Å²) in [5, 5.41) is 0.616. The van der Waals surface area contributed by atoms with E-state index in [2.05, 4.69) is 0 Å². The van der Waals surface area contributed by atoms with Gasteiger partial charge in [0, 0.05) is 16.1 Å². The minimum Gasteiger partial charge on any atom is -0.496 e. The van der Waals surface area contributed by atoms with E-state index in [1.165, 1.54) is 6.08 Å². The maximum Gasteiger partial charge on any atom is 0.185 e. The maximum absolute atomic E-state index is 12.0. The number of carbonyl (C=O) groups is 1. The van der Waals surface area contributed by atoms with E-state index in [0.29, 0.717) is 10.6 Å². The summed E-state index contributed by atoms with van der Waals surface area (Å²) in [6.45, 7) is 0. The molecular weight excluding hydrogens is 260 g/mol. The average molecular weight is 273 g/mol. The number of hydrogen-bond acceptors (Lipinski definition) is 2. The molecule has 0 saturated heterocycles. The van der Waals surface area contributed by atoms with E-state index in [0.717, 1.165) is 11.3 Å². The van der Waals surface area contributed by atoms with Crippen LogP contribution < -0.4 is 4.74 Å². The Bertz CT molecular complexity index is 600. The van der Waals surface area contributed by atoms with Crippen molar-refractivity contribution in [1.29, 1.82) is 0 Å². The number of para-hydroxylation sites is 1. The van der Waals surface area contributed by atoms with Crippen LogP contribution in [0, 0.1) is 0 Å². The molecule has 0 heterocycles. The van der Waals surface area contributed by atoms with Crippen LogP contribution in [0.3, 0.4) is 0 Å². The molecule has 0 saturated carbocycles. The highest BCUT2D eigenvalue weighted by atomic mass is 35.5. The smallest absolute Gasteiger partial charge is 0.185 e.